The van der Waals surface area contributed by atoms with Crippen LogP contribution < -0.4 is 5.32 Å². The summed E-state index contributed by atoms with van der Waals surface area (Å²) in [7, 11) is 0. The van der Waals surface area contributed by atoms with Gasteiger partial charge in [0.25, 0.3) is 0 Å². The van der Waals surface area contributed by atoms with Crippen molar-refractivity contribution in [3.05, 3.63) is 65.7 Å². The number of rotatable bonds is 4. The summed E-state index contributed by atoms with van der Waals surface area (Å²) < 4.78 is 5.37. The number of amides is 2. The lowest BCUT2D eigenvalue weighted by atomic mass is 10.0. The second-order valence-corrected chi connectivity index (χ2v) is 8.18. The molecule has 2 amide bonds. The van der Waals surface area contributed by atoms with Crippen LogP contribution in [0.4, 0.5) is 10.5 Å². The monoisotopic (exact) mass is 394 g/mol. The number of nitrogens with zero attached hydrogens (tertiary/aromatic N) is 1. The van der Waals surface area contributed by atoms with Gasteiger partial charge in [0.05, 0.1) is 5.92 Å². The fourth-order valence-electron chi connectivity index (χ4n) is 3.21. The minimum absolute atomic E-state index is 0.0985. The van der Waals surface area contributed by atoms with Crippen molar-refractivity contribution in [2.75, 3.05) is 18.4 Å². The summed E-state index contributed by atoms with van der Waals surface area (Å²) in [5.74, 6) is -0.574. The van der Waals surface area contributed by atoms with Crippen molar-refractivity contribution in [2.24, 2.45) is 5.92 Å². The van der Waals surface area contributed by atoms with Gasteiger partial charge in [-0.2, -0.15) is 0 Å². The van der Waals surface area contributed by atoms with Crippen LogP contribution in [0.25, 0.3) is 0 Å². The van der Waals surface area contributed by atoms with Crippen molar-refractivity contribution in [3.8, 4) is 0 Å². The molecule has 1 aliphatic heterocycles. The van der Waals surface area contributed by atoms with Crippen LogP contribution in [-0.4, -0.2) is 41.4 Å². The quantitative estimate of drug-likeness (QED) is 0.792. The summed E-state index contributed by atoms with van der Waals surface area (Å²) in [5.41, 5.74) is 1.10. The van der Waals surface area contributed by atoms with E-state index in [9.17, 15) is 14.4 Å². The Kier molecular flexibility index (Phi) is 6.01. The van der Waals surface area contributed by atoms with Crippen LogP contribution in [0.1, 0.15) is 43.1 Å². The van der Waals surface area contributed by atoms with Gasteiger partial charge in [0, 0.05) is 29.9 Å². The van der Waals surface area contributed by atoms with Crippen LogP contribution in [-0.2, 0) is 9.53 Å². The van der Waals surface area contributed by atoms with Gasteiger partial charge in [-0.25, -0.2) is 4.79 Å². The molecule has 1 unspecified atom stereocenters. The Morgan fingerprint density at radius 3 is 2.38 bits per heavy atom. The summed E-state index contributed by atoms with van der Waals surface area (Å²) in [5, 5.41) is 2.87. The largest absolute Gasteiger partial charge is 0.444 e. The average molecular weight is 394 g/mol. The molecule has 0 radical (unpaired) electrons. The third-order valence-corrected chi connectivity index (χ3v) is 4.64. The molecule has 2 aromatic carbocycles. The second-order valence-electron chi connectivity index (χ2n) is 8.18. The molecule has 152 valence electrons. The van der Waals surface area contributed by atoms with Crippen LogP contribution in [0.3, 0.4) is 0 Å². The smallest absolute Gasteiger partial charge is 0.410 e. The lowest BCUT2D eigenvalue weighted by Gasteiger charge is -2.24. The first-order valence-corrected chi connectivity index (χ1v) is 9.71. The molecule has 0 spiro atoms. The molecule has 6 nitrogen and oxygen atoms in total. The Bertz CT molecular complexity index is 903. The van der Waals surface area contributed by atoms with E-state index < -0.39 is 11.7 Å². The van der Waals surface area contributed by atoms with E-state index >= 15 is 0 Å². The predicted octanol–water partition coefficient (Wildman–Crippen LogP) is 4.11. The van der Waals surface area contributed by atoms with E-state index in [2.05, 4.69) is 5.32 Å². The van der Waals surface area contributed by atoms with Crippen LogP contribution in [0.15, 0.2) is 54.6 Å². The van der Waals surface area contributed by atoms with Crippen molar-refractivity contribution in [1.29, 1.82) is 0 Å². The number of hydrogen-bond acceptors (Lipinski definition) is 4. The molecule has 3 rings (SSSR count). The zero-order valence-corrected chi connectivity index (χ0v) is 17.0. The van der Waals surface area contributed by atoms with Gasteiger partial charge in [-0.15, -0.1) is 0 Å². The van der Waals surface area contributed by atoms with Gasteiger partial charge in [0.1, 0.15) is 5.60 Å². The lowest BCUT2D eigenvalue weighted by molar-refractivity contribution is -0.119. The van der Waals surface area contributed by atoms with E-state index in [1.165, 1.54) is 0 Å². The summed E-state index contributed by atoms with van der Waals surface area (Å²) in [6, 6.07) is 15.9. The highest BCUT2D eigenvalue weighted by molar-refractivity contribution is 6.09. The molecule has 1 fully saturated rings. The standard InChI is InChI=1S/C23H26N2O4/c1-23(2,3)29-22(28)25-13-12-18(15-25)21(27)24-19-11-7-10-17(14-19)20(26)16-8-5-4-6-9-16/h4-11,14,18H,12-13,15H2,1-3H3,(H,24,27). The van der Waals surface area contributed by atoms with Crippen LogP contribution in [0.5, 0.6) is 0 Å². The highest BCUT2D eigenvalue weighted by Gasteiger charge is 2.33. The number of hydrogen-bond donors (Lipinski definition) is 1. The highest BCUT2D eigenvalue weighted by atomic mass is 16.6. The van der Waals surface area contributed by atoms with Gasteiger partial charge in [0.2, 0.25) is 5.91 Å². The number of carbonyl (C=O) groups is 3. The number of ketones is 1. The molecule has 0 saturated carbocycles. The zero-order chi connectivity index (χ0) is 21.0. The molecule has 6 heteroatoms. The van der Waals surface area contributed by atoms with Gasteiger partial charge in [-0.3, -0.25) is 9.59 Å². The number of nitrogens with one attached hydrogen (secondary N) is 1. The van der Waals surface area contributed by atoms with Crippen LogP contribution in [0.2, 0.25) is 0 Å². The Morgan fingerprint density at radius 2 is 1.69 bits per heavy atom. The maximum absolute atomic E-state index is 12.6. The van der Waals surface area contributed by atoms with Crippen molar-refractivity contribution >= 4 is 23.5 Å². The number of anilines is 1. The second kappa shape index (κ2) is 8.47. The third kappa shape index (κ3) is 5.44. The van der Waals surface area contributed by atoms with E-state index in [4.69, 9.17) is 4.74 Å². The third-order valence-electron chi connectivity index (χ3n) is 4.64. The molecule has 29 heavy (non-hydrogen) atoms. The molecule has 0 aliphatic carbocycles. The Hall–Kier alpha value is -3.15. The fourth-order valence-corrected chi connectivity index (χ4v) is 3.21. The van der Waals surface area contributed by atoms with Gasteiger partial charge in [-0.1, -0.05) is 42.5 Å². The van der Waals surface area contributed by atoms with Gasteiger partial charge in [-0.05, 0) is 39.3 Å². The molecule has 0 aromatic heterocycles. The van der Waals surface area contributed by atoms with E-state index in [1.807, 2.05) is 39.0 Å². The van der Waals surface area contributed by atoms with E-state index in [-0.39, 0.29) is 17.6 Å². The Balaban J connectivity index is 1.62. The molecule has 1 aliphatic rings. The first kappa shape index (κ1) is 20.6. The van der Waals surface area contributed by atoms with Crippen molar-refractivity contribution in [3.63, 3.8) is 0 Å². The van der Waals surface area contributed by atoms with Crippen LogP contribution >= 0.6 is 0 Å². The number of carbonyl (C=O) groups excluding carboxylic acids is 3. The topological polar surface area (TPSA) is 75.7 Å². The van der Waals surface area contributed by atoms with E-state index in [0.29, 0.717) is 36.3 Å². The number of likely N-dealkylation sites (tertiary alicyclic amines) is 1. The van der Waals surface area contributed by atoms with Gasteiger partial charge in [0.15, 0.2) is 5.78 Å². The maximum atomic E-state index is 12.6. The predicted molar refractivity (Wildman–Crippen MR) is 111 cm³/mol. The lowest BCUT2D eigenvalue weighted by Crippen LogP contribution is -2.36. The molecular formula is C23H26N2O4. The summed E-state index contributed by atoms with van der Waals surface area (Å²) in [6.45, 7) is 6.25. The van der Waals surface area contributed by atoms with Gasteiger partial charge < -0.3 is 15.0 Å². The molecule has 1 atom stereocenters. The van der Waals surface area contributed by atoms with Crippen molar-refractivity contribution < 1.29 is 19.1 Å². The minimum atomic E-state index is -0.566. The normalized spacial score (nSPS) is 16.4. The highest BCUT2D eigenvalue weighted by Crippen LogP contribution is 2.22. The molecular weight excluding hydrogens is 368 g/mol. The molecule has 0 bridgehead atoms. The average Bonchev–Trinajstić information content (AvgIpc) is 3.18. The molecule has 1 N–H and O–H groups in total. The van der Waals surface area contributed by atoms with E-state index in [0.717, 1.165) is 0 Å². The fraction of sp³-hybridized carbons (Fsp3) is 0.348. The minimum Gasteiger partial charge on any atom is -0.444 e. The number of benzene rings is 2. The van der Waals surface area contributed by atoms with Crippen molar-refractivity contribution in [2.45, 2.75) is 32.8 Å². The summed E-state index contributed by atoms with van der Waals surface area (Å²) in [6.07, 6.45) is 0.177. The Labute approximate surface area is 170 Å². The zero-order valence-electron chi connectivity index (χ0n) is 17.0. The molecule has 1 saturated heterocycles. The SMILES string of the molecule is CC(C)(C)OC(=O)N1CCC(C(=O)Nc2cccc(C(=O)c3ccccc3)c2)C1. The Morgan fingerprint density at radius 1 is 1.00 bits per heavy atom. The maximum Gasteiger partial charge on any atom is 0.410 e. The number of ether oxygens (including phenoxy) is 1. The van der Waals surface area contributed by atoms with Crippen molar-refractivity contribution in [1.82, 2.24) is 4.90 Å². The summed E-state index contributed by atoms with van der Waals surface area (Å²) in [4.78, 5) is 39.0. The van der Waals surface area contributed by atoms with Gasteiger partial charge >= 0.3 is 6.09 Å². The van der Waals surface area contributed by atoms with E-state index in [1.54, 1.807) is 41.3 Å². The first-order valence-electron chi connectivity index (χ1n) is 9.71. The first-order chi connectivity index (χ1) is 13.7. The molecule has 1 heterocycles. The molecule has 2 aromatic rings. The van der Waals surface area contributed by atoms with Crippen LogP contribution in [0, 0.1) is 5.92 Å². The summed E-state index contributed by atoms with van der Waals surface area (Å²) >= 11 is 0.